The summed E-state index contributed by atoms with van der Waals surface area (Å²) in [5.41, 5.74) is -0.836. The van der Waals surface area contributed by atoms with E-state index in [1.807, 2.05) is 13.8 Å². The number of nitriles is 1. The van der Waals surface area contributed by atoms with Crippen LogP contribution in [0.15, 0.2) is 18.2 Å². The predicted octanol–water partition coefficient (Wildman–Crippen LogP) is 1.69. The van der Waals surface area contributed by atoms with Crippen molar-refractivity contribution in [2.24, 2.45) is 5.92 Å². The summed E-state index contributed by atoms with van der Waals surface area (Å²) in [5, 5.41) is 21.4. The normalized spacial score (nSPS) is 24.9. The third-order valence-electron chi connectivity index (χ3n) is 4.47. The van der Waals surface area contributed by atoms with Gasteiger partial charge in [-0.1, -0.05) is 21.3 Å². The molecule has 0 saturated carbocycles. The van der Waals surface area contributed by atoms with Gasteiger partial charge in [0.05, 0.1) is 0 Å². The molecule has 2 saturated heterocycles. The molecule has 0 spiro atoms. The van der Waals surface area contributed by atoms with Gasteiger partial charge in [0.2, 0.25) is 0 Å². The summed E-state index contributed by atoms with van der Waals surface area (Å²) in [5.74, 6) is -1.50. The van der Waals surface area contributed by atoms with Crippen LogP contribution in [-0.2, 0) is 19.7 Å². The molecule has 2 fully saturated rings. The number of hydrogen-bond acceptors (Lipinski definition) is 6. The average molecular weight is 377 g/mol. The summed E-state index contributed by atoms with van der Waals surface area (Å²) >= 11 is 0. The maximum atomic E-state index is 14.5. The van der Waals surface area contributed by atoms with Crippen LogP contribution in [0.3, 0.4) is 0 Å². The second-order valence-corrected chi connectivity index (χ2v) is 5.76. The fourth-order valence-electron chi connectivity index (χ4n) is 3.28. The molecule has 0 bridgehead atoms. The Kier molecular flexibility index (Phi) is 7.79. The molecule has 3 rings (SSSR count). The third kappa shape index (κ3) is 4.06. The first-order chi connectivity index (χ1) is 12.5. The van der Waals surface area contributed by atoms with Gasteiger partial charge >= 0.3 is 138 Å². The molecule has 1 amide bonds. The molecule has 2 aliphatic rings. The predicted molar refractivity (Wildman–Crippen MR) is 100 cm³/mol. The van der Waals surface area contributed by atoms with Gasteiger partial charge in [0.15, 0.2) is 0 Å². The first-order valence-electron chi connectivity index (χ1n) is 8.37. The molecular formula is C18H25BFN3O4. The van der Waals surface area contributed by atoms with Gasteiger partial charge in [-0.25, -0.2) is 0 Å². The number of benzene rings is 1. The number of fused-ring (bicyclic) bond motifs is 1. The zero-order chi connectivity index (χ0) is 19.3. The van der Waals surface area contributed by atoms with Crippen LogP contribution in [-0.4, -0.2) is 49.0 Å². The van der Waals surface area contributed by atoms with Crippen LogP contribution in [0, 0.1) is 23.3 Å². The topological polar surface area (TPSA) is 94.8 Å². The first-order valence-corrected chi connectivity index (χ1v) is 8.37. The number of aromatic hydroxyl groups is 1. The monoisotopic (exact) mass is 377 g/mol. The van der Waals surface area contributed by atoms with E-state index in [1.165, 1.54) is 23.3 Å². The zero-order valence-corrected chi connectivity index (χ0v) is 15.0. The van der Waals surface area contributed by atoms with Crippen LogP contribution in [0.5, 0.6) is 5.75 Å². The van der Waals surface area contributed by atoms with Crippen molar-refractivity contribution in [1.82, 2.24) is 10.2 Å². The molecule has 2 heterocycles. The van der Waals surface area contributed by atoms with Crippen LogP contribution >= 0.6 is 0 Å². The van der Waals surface area contributed by atoms with Gasteiger partial charge < -0.3 is 0 Å². The van der Waals surface area contributed by atoms with Gasteiger partial charge in [-0.05, 0) is 0 Å². The second kappa shape index (κ2) is 9.37. The molecule has 1 aromatic carbocycles. The van der Waals surface area contributed by atoms with Gasteiger partial charge in [-0.3, -0.25) is 0 Å². The number of phenolic OH excluding ortho intramolecular Hbond substituents is 1. The molecule has 2 aliphatic heterocycles. The number of nitrogens with one attached hydrogen (secondary N) is 1. The Morgan fingerprint density at radius 2 is 2.22 bits per heavy atom. The summed E-state index contributed by atoms with van der Waals surface area (Å²) in [6.45, 7) is 4.42. The number of halogens is 1. The van der Waals surface area contributed by atoms with E-state index >= 15 is 0 Å². The van der Waals surface area contributed by atoms with Crippen molar-refractivity contribution in [3.8, 4) is 12.0 Å². The van der Waals surface area contributed by atoms with Crippen LogP contribution < -0.4 is 5.32 Å². The Hall–Kier alpha value is -2.60. The van der Waals surface area contributed by atoms with E-state index in [1.54, 1.807) is 7.05 Å². The van der Waals surface area contributed by atoms with Gasteiger partial charge in [0, 0.05) is 0 Å². The first kappa shape index (κ1) is 22.4. The fraction of sp³-hybridized carbons (Fsp3) is 0.500. The number of amides is 1. The Balaban J connectivity index is 0.00000118. The number of ether oxygens (including phenoxy) is 1. The van der Waals surface area contributed by atoms with E-state index in [2.05, 4.69) is 9.97 Å². The molecular weight excluding hydrogens is 352 g/mol. The van der Waals surface area contributed by atoms with Gasteiger partial charge in [-0.15, -0.1) is 0 Å². The van der Waals surface area contributed by atoms with Crippen molar-refractivity contribution >= 4 is 18.7 Å². The summed E-state index contributed by atoms with van der Waals surface area (Å²) in [6.07, 6.45) is 1.90. The molecule has 146 valence electrons. The number of phenols is 1. The zero-order valence-electron chi connectivity index (χ0n) is 15.0. The molecule has 27 heavy (non-hydrogen) atoms. The van der Waals surface area contributed by atoms with Gasteiger partial charge in [0.1, 0.15) is 0 Å². The summed E-state index contributed by atoms with van der Waals surface area (Å²) in [4.78, 5) is 14.1. The van der Waals surface area contributed by atoms with E-state index in [4.69, 9.17) is 10.00 Å². The average Bonchev–Trinajstić information content (AvgIpc) is 2.67. The van der Waals surface area contributed by atoms with Gasteiger partial charge in [-0.2, -0.15) is 0 Å². The molecule has 2 atom stereocenters. The number of carbonyl (C=O) groups is 1. The molecule has 9 heteroatoms. The minimum absolute atomic E-state index is 0. The standard InChI is InChI=1S/C15H15BFN3O4.C2H6.CH4/c1-20-13(22)10-4-5-23-7-15(10,19-14(20)16-24-8-18)11-6-9(21)2-3-12(11)17;1-2;/h2-3,6,10,19,21H,4-5,7H2,1H3;1-2H3;1H4. The van der Waals surface area contributed by atoms with Crippen molar-refractivity contribution < 1.29 is 23.7 Å². The van der Waals surface area contributed by atoms with Crippen molar-refractivity contribution in [3.63, 3.8) is 0 Å². The van der Waals surface area contributed by atoms with E-state index in [0.29, 0.717) is 13.0 Å². The van der Waals surface area contributed by atoms with Crippen molar-refractivity contribution in [2.45, 2.75) is 33.2 Å². The quantitative estimate of drug-likeness (QED) is 0.602. The van der Waals surface area contributed by atoms with Crippen LogP contribution in [0.2, 0.25) is 0 Å². The molecule has 0 radical (unpaired) electrons. The van der Waals surface area contributed by atoms with E-state index in [9.17, 15) is 14.3 Å². The van der Waals surface area contributed by atoms with Gasteiger partial charge in [0.25, 0.3) is 0 Å². The molecule has 1 aromatic rings. The fourth-order valence-corrected chi connectivity index (χ4v) is 3.28. The Bertz CT molecular complexity index is 753. The van der Waals surface area contributed by atoms with Crippen molar-refractivity contribution in [1.29, 1.82) is 5.26 Å². The van der Waals surface area contributed by atoms with E-state index in [-0.39, 0.29) is 37.0 Å². The maximum absolute atomic E-state index is 14.5. The van der Waals surface area contributed by atoms with E-state index in [0.717, 1.165) is 13.2 Å². The summed E-state index contributed by atoms with van der Waals surface area (Å²) < 4.78 is 24.6. The molecule has 7 nitrogen and oxygen atoms in total. The number of carbonyl (C=O) groups excluding carboxylic acids is 1. The Morgan fingerprint density at radius 1 is 1.52 bits per heavy atom. The summed E-state index contributed by atoms with van der Waals surface area (Å²) in [7, 11) is 2.63. The summed E-state index contributed by atoms with van der Waals surface area (Å²) in [6, 6.07) is 3.66. The minimum atomic E-state index is -1.19. The number of hydrogen-bond donors (Lipinski definition) is 2. The van der Waals surface area contributed by atoms with Crippen LogP contribution in [0.25, 0.3) is 0 Å². The van der Waals surface area contributed by atoms with Crippen molar-refractivity contribution in [2.75, 3.05) is 20.3 Å². The number of nitrogens with zero attached hydrogens (tertiary/aromatic N) is 2. The van der Waals surface area contributed by atoms with Crippen LogP contribution in [0.4, 0.5) is 4.39 Å². The Labute approximate surface area is 159 Å². The Morgan fingerprint density at radius 3 is 2.89 bits per heavy atom. The van der Waals surface area contributed by atoms with Crippen LogP contribution in [0.1, 0.15) is 33.3 Å². The third-order valence-corrected chi connectivity index (χ3v) is 4.47. The molecule has 0 aromatic heterocycles. The number of rotatable bonds is 2. The molecule has 2 unspecified atom stereocenters. The van der Waals surface area contributed by atoms with Crippen molar-refractivity contribution in [3.05, 3.63) is 29.6 Å². The molecule has 2 N–H and O–H groups in total. The van der Waals surface area contributed by atoms with E-state index < -0.39 is 17.3 Å². The SMILES string of the molecule is C.CC.CN1C(=O)C2CCOCC2(c2cc(O)ccc2F)NC1=BOC#N. The second-order valence-electron chi connectivity index (χ2n) is 5.76. The molecule has 0 aliphatic carbocycles.